The second-order valence-corrected chi connectivity index (χ2v) is 8.24. The van der Waals surface area contributed by atoms with Crippen molar-refractivity contribution in [3.63, 3.8) is 0 Å². The van der Waals surface area contributed by atoms with Crippen LogP contribution >= 0.6 is 11.8 Å². The average molecular weight is 409 g/mol. The molecule has 1 aliphatic heterocycles. The average Bonchev–Trinajstić information content (AvgIpc) is 2.72. The molecule has 1 aliphatic rings. The number of nitrogens with zero attached hydrogens (tertiary/aromatic N) is 2. The summed E-state index contributed by atoms with van der Waals surface area (Å²) in [4.78, 5) is 20.1. The second-order valence-electron chi connectivity index (χ2n) is 7.16. The van der Waals surface area contributed by atoms with E-state index >= 15 is 0 Å². The maximum absolute atomic E-state index is 13.2. The molecule has 3 rings (SSSR count). The number of carbonyl (C=O) groups is 1. The van der Waals surface area contributed by atoms with Crippen LogP contribution in [0, 0.1) is 0 Å². The Morgan fingerprint density at radius 1 is 1.14 bits per heavy atom. The number of rotatable bonds is 6. The van der Waals surface area contributed by atoms with E-state index in [-0.39, 0.29) is 11.9 Å². The molecule has 2 N–H and O–H groups in total. The summed E-state index contributed by atoms with van der Waals surface area (Å²) in [5.74, 6) is 0.850. The van der Waals surface area contributed by atoms with Gasteiger partial charge in [0.15, 0.2) is 5.17 Å². The summed E-state index contributed by atoms with van der Waals surface area (Å²) >= 11 is 1.69. The van der Waals surface area contributed by atoms with Crippen molar-refractivity contribution < 1.29 is 4.79 Å². The Hall–Kier alpha value is -2.73. The van der Waals surface area contributed by atoms with Crippen LogP contribution in [-0.2, 0) is 4.79 Å². The normalized spacial score (nSPS) is 16.1. The van der Waals surface area contributed by atoms with E-state index in [0.717, 1.165) is 40.0 Å². The van der Waals surface area contributed by atoms with Crippen LogP contribution < -0.4 is 15.5 Å². The number of thioether (sulfide) groups is 1. The van der Waals surface area contributed by atoms with Gasteiger partial charge in [-0.15, -0.1) is 0 Å². The third kappa shape index (κ3) is 5.21. The predicted molar refractivity (Wildman–Crippen MR) is 125 cm³/mol. The third-order valence-electron chi connectivity index (χ3n) is 4.66. The van der Waals surface area contributed by atoms with E-state index in [2.05, 4.69) is 46.7 Å². The first-order valence-electron chi connectivity index (χ1n) is 9.81. The minimum absolute atomic E-state index is 0.133. The van der Waals surface area contributed by atoms with E-state index in [4.69, 9.17) is 4.99 Å². The SMILES string of the molecule is CCCSC1=N[C@H](c2ccc(N(C)C)cc2)C(C(=O)Nc2ccccc2)=C(C)N1. The van der Waals surface area contributed by atoms with Gasteiger partial charge in [-0.2, -0.15) is 0 Å². The molecule has 1 atom stereocenters. The predicted octanol–water partition coefficient (Wildman–Crippen LogP) is 4.81. The topological polar surface area (TPSA) is 56.7 Å². The molecule has 0 radical (unpaired) electrons. The number of amides is 1. The van der Waals surface area contributed by atoms with Gasteiger partial charge in [-0.25, -0.2) is 4.99 Å². The molecular formula is C23H28N4OS. The Morgan fingerprint density at radius 3 is 2.45 bits per heavy atom. The lowest BCUT2D eigenvalue weighted by atomic mass is 9.95. The Labute approximate surface area is 177 Å². The van der Waals surface area contributed by atoms with Crippen molar-refractivity contribution in [1.82, 2.24) is 5.32 Å². The maximum Gasteiger partial charge on any atom is 0.255 e. The van der Waals surface area contributed by atoms with Gasteiger partial charge in [0.05, 0.1) is 5.57 Å². The van der Waals surface area contributed by atoms with E-state index in [0.29, 0.717) is 5.57 Å². The number of anilines is 2. The molecular weight excluding hydrogens is 380 g/mol. The highest BCUT2D eigenvalue weighted by molar-refractivity contribution is 8.13. The van der Waals surface area contributed by atoms with Gasteiger partial charge in [0, 0.05) is 36.9 Å². The van der Waals surface area contributed by atoms with Crippen LogP contribution in [0.5, 0.6) is 0 Å². The van der Waals surface area contributed by atoms with Crippen molar-refractivity contribution in [2.45, 2.75) is 26.3 Å². The van der Waals surface area contributed by atoms with Gasteiger partial charge < -0.3 is 15.5 Å². The van der Waals surface area contributed by atoms with Gasteiger partial charge in [0.2, 0.25) is 0 Å². The van der Waals surface area contributed by atoms with E-state index in [1.165, 1.54) is 0 Å². The number of benzene rings is 2. The van der Waals surface area contributed by atoms with Gasteiger partial charge in [-0.3, -0.25) is 4.79 Å². The lowest BCUT2D eigenvalue weighted by molar-refractivity contribution is -0.113. The van der Waals surface area contributed by atoms with Crippen molar-refractivity contribution in [3.8, 4) is 0 Å². The summed E-state index contributed by atoms with van der Waals surface area (Å²) in [6.45, 7) is 4.09. The molecule has 0 bridgehead atoms. The fourth-order valence-corrected chi connectivity index (χ4v) is 3.93. The van der Waals surface area contributed by atoms with E-state index in [9.17, 15) is 4.79 Å². The summed E-state index contributed by atoms with van der Waals surface area (Å²) in [7, 11) is 4.03. The highest BCUT2D eigenvalue weighted by Gasteiger charge is 2.29. The largest absolute Gasteiger partial charge is 0.378 e. The number of hydrogen-bond donors (Lipinski definition) is 2. The molecule has 0 spiro atoms. The molecule has 0 saturated carbocycles. The number of aliphatic imine (C=N–C) groups is 1. The fraction of sp³-hybridized carbons (Fsp3) is 0.304. The first-order chi connectivity index (χ1) is 14.0. The Bertz CT molecular complexity index is 904. The Morgan fingerprint density at radius 2 is 1.83 bits per heavy atom. The van der Waals surface area contributed by atoms with E-state index < -0.39 is 0 Å². The van der Waals surface area contributed by atoms with Crippen LogP contribution in [0.1, 0.15) is 31.9 Å². The zero-order valence-corrected chi connectivity index (χ0v) is 18.2. The number of nitrogens with one attached hydrogen (secondary N) is 2. The standard InChI is InChI=1S/C23H28N4OS/c1-5-15-29-23-24-16(2)20(22(28)25-18-9-7-6-8-10-18)21(26-23)17-11-13-19(14-12-17)27(3)4/h6-14,21H,5,15H2,1-4H3,(H,24,26)(H,25,28)/t21-/m1/s1. The number of hydrogen-bond acceptors (Lipinski definition) is 5. The molecule has 29 heavy (non-hydrogen) atoms. The summed E-state index contributed by atoms with van der Waals surface area (Å²) in [5, 5.41) is 7.19. The van der Waals surface area contributed by atoms with E-state index in [1.807, 2.05) is 51.4 Å². The Kier molecular flexibility index (Phi) is 6.99. The van der Waals surface area contributed by atoms with Crippen LogP contribution in [0.4, 0.5) is 11.4 Å². The van der Waals surface area contributed by atoms with Gasteiger partial charge in [0.25, 0.3) is 5.91 Å². The summed E-state index contributed by atoms with van der Waals surface area (Å²) in [5.41, 5.74) is 4.38. The van der Waals surface area contributed by atoms with Crippen LogP contribution in [0.15, 0.2) is 70.9 Å². The lowest BCUT2D eigenvalue weighted by Crippen LogP contribution is -2.32. The minimum Gasteiger partial charge on any atom is -0.378 e. The quantitative estimate of drug-likeness (QED) is 0.720. The van der Waals surface area contributed by atoms with Crippen molar-refractivity contribution in [2.24, 2.45) is 4.99 Å². The highest BCUT2D eigenvalue weighted by Crippen LogP contribution is 2.33. The molecule has 2 aromatic rings. The third-order valence-corrected chi connectivity index (χ3v) is 5.76. The van der Waals surface area contributed by atoms with Gasteiger partial charge >= 0.3 is 0 Å². The first-order valence-corrected chi connectivity index (χ1v) is 10.8. The fourth-order valence-electron chi connectivity index (χ4n) is 3.13. The van der Waals surface area contributed by atoms with Crippen molar-refractivity contribution >= 4 is 34.2 Å². The van der Waals surface area contributed by atoms with E-state index in [1.54, 1.807) is 11.8 Å². The van der Waals surface area contributed by atoms with Crippen LogP contribution in [0.3, 0.4) is 0 Å². The minimum atomic E-state index is -0.337. The molecule has 0 aliphatic carbocycles. The molecule has 5 nitrogen and oxygen atoms in total. The molecule has 2 aromatic carbocycles. The highest BCUT2D eigenvalue weighted by atomic mass is 32.2. The molecule has 1 amide bonds. The maximum atomic E-state index is 13.2. The number of allylic oxidation sites excluding steroid dienone is 1. The molecule has 0 fully saturated rings. The van der Waals surface area contributed by atoms with Crippen molar-refractivity contribution in [2.75, 3.05) is 30.1 Å². The van der Waals surface area contributed by atoms with Gasteiger partial charge in [-0.1, -0.05) is 49.0 Å². The molecule has 1 heterocycles. The summed E-state index contributed by atoms with van der Waals surface area (Å²) in [6, 6.07) is 17.4. The number of amidine groups is 1. The molecule has 0 aromatic heterocycles. The lowest BCUT2D eigenvalue weighted by Gasteiger charge is -2.26. The van der Waals surface area contributed by atoms with Crippen molar-refractivity contribution in [1.29, 1.82) is 0 Å². The molecule has 0 unspecified atom stereocenters. The van der Waals surface area contributed by atoms with Crippen LogP contribution in [0.25, 0.3) is 0 Å². The monoisotopic (exact) mass is 408 g/mol. The summed E-state index contributed by atoms with van der Waals surface area (Å²) < 4.78 is 0. The van der Waals surface area contributed by atoms with Gasteiger partial charge in [0.1, 0.15) is 6.04 Å². The number of para-hydroxylation sites is 1. The van der Waals surface area contributed by atoms with Gasteiger partial charge in [-0.05, 0) is 43.2 Å². The van der Waals surface area contributed by atoms with Crippen LogP contribution in [0.2, 0.25) is 0 Å². The summed E-state index contributed by atoms with van der Waals surface area (Å²) in [6.07, 6.45) is 1.07. The zero-order chi connectivity index (χ0) is 20.8. The molecule has 6 heteroatoms. The molecule has 152 valence electrons. The Balaban J connectivity index is 1.94. The zero-order valence-electron chi connectivity index (χ0n) is 17.4. The second kappa shape index (κ2) is 9.65. The van der Waals surface area contributed by atoms with Crippen molar-refractivity contribution in [3.05, 3.63) is 71.4 Å². The van der Waals surface area contributed by atoms with Crippen LogP contribution in [-0.4, -0.2) is 30.9 Å². The first kappa shape index (κ1) is 21.0. The molecule has 0 saturated heterocycles. The smallest absolute Gasteiger partial charge is 0.255 e. The number of carbonyl (C=O) groups excluding carboxylic acids is 1.